The molecule has 3 aromatic rings. The summed E-state index contributed by atoms with van der Waals surface area (Å²) in [6.07, 6.45) is 0. The second kappa shape index (κ2) is 9.07. The Morgan fingerprint density at radius 3 is 2.45 bits per heavy atom. The molecule has 5 nitrogen and oxygen atoms in total. The van der Waals surface area contributed by atoms with Crippen LogP contribution in [0.4, 0.5) is 0 Å². The number of phenols is 1. The summed E-state index contributed by atoms with van der Waals surface area (Å²) < 4.78 is 11.7. The Morgan fingerprint density at radius 2 is 1.72 bits per heavy atom. The molecule has 150 valence electrons. The number of morpholine rings is 1. The molecule has 29 heavy (non-hydrogen) atoms. The number of aryl methyl sites for hydroxylation is 1. The Morgan fingerprint density at radius 1 is 1.00 bits per heavy atom. The van der Waals surface area contributed by atoms with Crippen LogP contribution in [0, 0.1) is 6.92 Å². The van der Waals surface area contributed by atoms with E-state index in [-0.39, 0.29) is 5.75 Å². The van der Waals surface area contributed by atoms with Crippen molar-refractivity contribution < 1.29 is 14.6 Å². The Balaban J connectivity index is 1.69. The van der Waals surface area contributed by atoms with Crippen molar-refractivity contribution in [1.82, 2.24) is 9.88 Å². The van der Waals surface area contributed by atoms with E-state index in [2.05, 4.69) is 17.0 Å². The lowest BCUT2D eigenvalue weighted by Gasteiger charge is -2.26. The summed E-state index contributed by atoms with van der Waals surface area (Å²) >= 11 is 0. The maximum absolute atomic E-state index is 9.73. The zero-order chi connectivity index (χ0) is 20.1. The monoisotopic (exact) mass is 390 g/mol. The van der Waals surface area contributed by atoms with Crippen LogP contribution in [0.25, 0.3) is 22.4 Å². The molecule has 5 heteroatoms. The maximum Gasteiger partial charge on any atom is 0.131 e. The van der Waals surface area contributed by atoms with Crippen LogP contribution in [0.3, 0.4) is 0 Å². The third-order valence-corrected chi connectivity index (χ3v) is 5.08. The van der Waals surface area contributed by atoms with E-state index in [0.717, 1.165) is 66.7 Å². The molecule has 0 spiro atoms. The fourth-order valence-electron chi connectivity index (χ4n) is 3.58. The minimum absolute atomic E-state index is 0.241. The molecule has 0 aliphatic carbocycles. The predicted octanol–water partition coefficient (Wildman–Crippen LogP) is 4.14. The fourth-order valence-corrected chi connectivity index (χ4v) is 3.58. The molecule has 1 fully saturated rings. The van der Waals surface area contributed by atoms with Crippen LogP contribution in [0.5, 0.6) is 11.5 Å². The highest BCUT2D eigenvalue weighted by molar-refractivity contribution is 5.85. The number of hydrogen-bond acceptors (Lipinski definition) is 5. The van der Waals surface area contributed by atoms with Gasteiger partial charge in [-0.05, 0) is 24.6 Å². The number of aromatic hydroxyl groups is 1. The Kier molecular flexibility index (Phi) is 6.08. The van der Waals surface area contributed by atoms with Crippen molar-refractivity contribution in [2.45, 2.75) is 6.92 Å². The first-order valence-electron chi connectivity index (χ1n) is 10.00. The molecular weight excluding hydrogens is 364 g/mol. The average Bonchev–Trinajstić information content (AvgIpc) is 2.76. The minimum atomic E-state index is 0.241. The van der Waals surface area contributed by atoms with Crippen LogP contribution in [-0.4, -0.2) is 54.4 Å². The van der Waals surface area contributed by atoms with Crippen LogP contribution in [-0.2, 0) is 4.74 Å². The number of phenolic OH excluding ortho intramolecular Hbond substituents is 1. The molecule has 1 saturated heterocycles. The summed E-state index contributed by atoms with van der Waals surface area (Å²) in [5.74, 6) is 1.06. The van der Waals surface area contributed by atoms with Gasteiger partial charge in [-0.25, -0.2) is 0 Å². The molecule has 0 amide bonds. The number of ether oxygens (including phenoxy) is 2. The van der Waals surface area contributed by atoms with Gasteiger partial charge in [0.1, 0.15) is 18.1 Å². The molecule has 0 bridgehead atoms. The van der Waals surface area contributed by atoms with Crippen LogP contribution >= 0.6 is 0 Å². The standard InChI is InChI=1S/C24H26N2O3/c1-18-17-22(29-16-13-26-11-14-28-15-12-26)23(19-7-9-21(27)10-8-19)24(25-18)20-5-3-2-4-6-20/h2-10,17,27H,11-16H2,1H3. The lowest BCUT2D eigenvalue weighted by atomic mass is 9.97. The summed E-state index contributed by atoms with van der Waals surface area (Å²) in [5, 5.41) is 9.73. The summed E-state index contributed by atoms with van der Waals surface area (Å²) in [6.45, 7) is 6.90. The van der Waals surface area contributed by atoms with E-state index < -0.39 is 0 Å². The predicted molar refractivity (Wildman–Crippen MR) is 114 cm³/mol. The van der Waals surface area contributed by atoms with E-state index >= 15 is 0 Å². The fraction of sp³-hybridized carbons (Fsp3) is 0.292. The number of hydrogen-bond donors (Lipinski definition) is 1. The van der Waals surface area contributed by atoms with E-state index in [1.165, 1.54) is 0 Å². The SMILES string of the molecule is Cc1cc(OCCN2CCOCC2)c(-c2ccc(O)cc2)c(-c2ccccc2)n1. The van der Waals surface area contributed by atoms with Crippen molar-refractivity contribution in [3.63, 3.8) is 0 Å². The highest BCUT2D eigenvalue weighted by Gasteiger charge is 2.17. The number of benzene rings is 2. The van der Waals surface area contributed by atoms with E-state index in [4.69, 9.17) is 14.5 Å². The lowest BCUT2D eigenvalue weighted by Crippen LogP contribution is -2.38. The first-order chi connectivity index (χ1) is 14.2. The van der Waals surface area contributed by atoms with E-state index in [1.807, 2.05) is 43.3 Å². The molecule has 2 aromatic carbocycles. The van der Waals surface area contributed by atoms with E-state index in [9.17, 15) is 5.11 Å². The Labute approximate surface area is 171 Å². The molecule has 0 atom stereocenters. The Hall–Kier alpha value is -2.89. The van der Waals surface area contributed by atoms with E-state index in [1.54, 1.807) is 12.1 Å². The van der Waals surface area contributed by atoms with E-state index in [0.29, 0.717) is 6.61 Å². The lowest BCUT2D eigenvalue weighted by molar-refractivity contribution is 0.0323. The second-order valence-corrected chi connectivity index (χ2v) is 7.20. The van der Waals surface area contributed by atoms with Gasteiger partial charge in [-0.15, -0.1) is 0 Å². The Bertz CT molecular complexity index is 936. The maximum atomic E-state index is 9.73. The third-order valence-electron chi connectivity index (χ3n) is 5.08. The van der Waals surface area contributed by atoms with Gasteiger partial charge in [0.25, 0.3) is 0 Å². The second-order valence-electron chi connectivity index (χ2n) is 7.20. The van der Waals surface area contributed by atoms with Gasteiger partial charge in [-0.1, -0.05) is 42.5 Å². The molecule has 1 aliphatic heterocycles. The molecule has 1 aliphatic rings. The van der Waals surface area contributed by atoms with Crippen molar-refractivity contribution >= 4 is 0 Å². The summed E-state index contributed by atoms with van der Waals surface area (Å²) in [7, 11) is 0. The van der Waals surface area contributed by atoms with Gasteiger partial charge in [0.05, 0.1) is 24.5 Å². The summed E-state index contributed by atoms with van der Waals surface area (Å²) in [4.78, 5) is 7.19. The van der Waals surface area contributed by atoms with Gasteiger partial charge in [0.15, 0.2) is 0 Å². The molecule has 0 radical (unpaired) electrons. The zero-order valence-corrected chi connectivity index (χ0v) is 16.7. The van der Waals surface area contributed by atoms with Crippen LogP contribution in [0.1, 0.15) is 5.69 Å². The smallest absolute Gasteiger partial charge is 0.131 e. The van der Waals surface area contributed by atoms with Crippen molar-refractivity contribution in [1.29, 1.82) is 0 Å². The number of aromatic nitrogens is 1. The summed E-state index contributed by atoms with van der Waals surface area (Å²) in [6, 6.07) is 19.3. The highest BCUT2D eigenvalue weighted by Crippen LogP contribution is 2.39. The molecule has 1 N–H and O–H groups in total. The first-order valence-corrected chi connectivity index (χ1v) is 10.00. The van der Waals surface area contributed by atoms with Crippen molar-refractivity contribution in [3.8, 4) is 33.9 Å². The quantitative estimate of drug-likeness (QED) is 0.686. The average molecular weight is 390 g/mol. The number of nitrogens with zero attached hydrogens (tertiary/aromatic N) is 2. The topological polar surface area (TPSA) is 54.8 Å². The molecule has 0 saturated carbocycles. The third kappa shape index (κ3) is 4.75. The van der Waals surface area contributed by atoms with Gasteiger partial charge < -0.3 is 14.6 Å². The zero-order valence-electron chi connectivity index (χ0n) is 16.7. The number of pyridine rings is 1. The first kappa shape index (κ1) is 19.4. The molecule has 4 rings (SSSR count). The molecular formula is C24H26N2O3. The summed E-state index contributed by atoms with van der Waals surface area (Å²) in [5.41, 5.74) is 4.75. The molecule has 0 unspecified atom stereocenters. The van der Waals surface area contributed by atoms with Crippen LogP contribution in [0.2, 0.25) is 0 Å². The number of rotatable bonds is 6. The van der Waals surface area contributed by atoms with Crippen LogP contribution < -0.4 is 4.74 Å². The van der Waals surface area contributed by atoms with Gasteiger partial charge in [-0.2, -0.15) is 0 Å². The van der Waals surface area contributed by atoms with Gasteiger partial charge in [0.2, 0.25) is 0 Å². The molecule has 1 aromatic heterocycles. The van der Waals surface area contributed by atoms with Gasteiger partial charge >= 0.3 is 0 Å². The van der Waals surface area contributed by atoms with Crippen molar-refractivity contribution in [3.05, 3.63) is 66.4 Å². The van der Waals surface area contributed by atoms with Crippen molar-refractivity contribution in [2.24, 2.45) is 0 Å². The highest BCUT2D eigenvalue weighted by atomic mass is 16.5. The van der Waals surface area contributed by atoms with Crippen molar-refractivity contribution in [2.75, 3.05) is 39.5 Å². The van der Waals surface area contributed by atoms with Crippen LogP contribution in [0.15, 0.2) is 60.7 Å². The normalized spacial score (nSPS) is 14.7. The van der Waals surface area contributed by atoms with Gasteiger partial charge in [0, 0.05) is 37.0 Å². The molecule has 2 heterocycles. The van der Waals surface area contributed by atoms with Gasteiger partial charge in [-0.3, -0.25) is 9.88 Å². The minimum Gasteiger partial charge on any atom is -0.508 e. The largest absolute Gasteiger partial charge is 0.508 e.